The van der Waals surface area contributed by atoms with Crippen LogP contribution in [0.15, 0.2) is 22.8 Å². The highest BCUT2D eigenvalue weighted by atomic mass is 16.5. The highest BCUT2D eigenvalue weighted by Gasteiger charge is 2.48. The molecular weight excluding hydrogens is 334 g/mol. The number of carbonyl (C=O) groups is 2. The zero-order valence-electron chi connectivity index (χ0n) is 15.4. The predicted octanol–water partition coefficient (Wildman–Crippen LogP) is 1.06. The average molecular weight is 361 g/mol. The van der Waals surface area contributed by atoms with Gasteiger partial charge in [0.25, 0.3) is 5.91 Å². The number of piperidine rings is 1. The molecule has 1 unspecified atom stereocenters. The Labute approximate surface area is 153 Å². The first kappa shape index (κ1) is 17.5. The summed E-state index contributed by atoms with van der Waals surface area (Å²) in [5.41, 5.74) is 0.140. The van der Waals surface area contributed by atoms with E-state index < -0.39 is 0 Å². The van der Waals surface area contributed by atoms with Crippen molar-refractivity contribution >= 4 is 11.8 Å². The van der Waals surface area contributed by atoms with Gasteiger partial charge in [-0.1, -0.05) is 0 Å². The van der Waals surface area contributed by atoms with Gasteiger partial charge in [-0.3, -0.25) is 14.5 Å². The molecule has 2 amide bonds. The van der Waals surface area contributed by atoms with Crippen molar-refractivity contribution in [3.8, 4) is 0 Å². The number of nitrogens with zero attached hydrogens (tertiary/aromatic N) is 3. The molecule has 1 aromatic rings. The number of amides is 2. The Kier molecular flexibility index (Phi) is 4.75. The van der Waals surface area contributed by atoms with E-state index in [4.69, 9.17) is 9.15 Å². The molecule has 4 rings (SSSR count). The topological polar surface area (TPSA) is 66.2 Å². The monoisotopic (exact) mass is 361 g/mol. The zero-order chi connectivity index (χ0) is 18.1. The second kappa shape index (κ2) is 7.04. The summed E-state index contributed by atoms with van der Waals surface area (Å²) in [5.74, 6) is 0.615. The molecule has 26 heavy (non-hydrogen) atoms. The van der Waals surface area contributed by atoms with E-state index in [1.165, 1.54) is 6.26 Å². The Balaban J connectivity index is 1.37. The van der Waals surface area contributed by atoms with Crippen molar-refractivity contribution in [1.29, 1.82) is 0 Å². The Morgan fingerprint density at radius 3 is 2.50 bits per heavy atom. The summed E-state index contributed by atoms with van der Waals surface area (Å²) in [7, 11) is 2.05. The van der Waals surface area contributed by atoms with Crippen LogP contribution in [0.2, 0.25) is 0 Å². The average Bonchev–Trinajstić information content (AvgIpc) is 3.31. The van der Waals surface area contributed by atoms with Crippen LogP contribution in [0.1, 0.15) is 29.8 Å². The molecule has 0 aromatic carbocycles. The number of furan rings is 1. The number of likely N-dealkylation sites (N-methyl/N-ethyl adjacent to an activating group) is 1. The molecule has 3 aliphatic heterocycles. The summed E-state index contributed by atoms with van der Waals surface area (Å²) >= 11 is 0. The van der Waals surface area contributed by atoms with Gasteiger partial charge < -0.3 is 19.0 Å². The number of rotatable bonds is 2. The fourth-order valence-corrected chi connectivity index (χ4v) is 4.64. The zero-order valence-corrected chi connectivity index (χ0v) is 15.4. The van der Waals surface area contributed by atoms with Gasteiger partial charge in [-0.15, -0.1) is 0 Å². The normalized spacial score (nSPS) is 26.4. The van der Waals surface area contributed by atoms with Gasteiger partial charge in [-0.25, -0.2) is 0 Å². The molecule has 0 aliphatic carbocycles. The molecule has 7 nitrogen and oxygen atoms in total. The Bertz CT molecular complexity index is 646. The van der Waals surface area contributed by atoms with Crippen LogP contribution in [0.25, 0.3) is 0 Å². The minimum Gasteiger partial charge on any atom is -0.459 e. The molecule has 4 heterocycles. The first-order valence-electron chi connectivity index (χ1n) is 9.48. The Hall–Kier alpha value is -1.86. The first-order chi connectivity index (χ1) is 12.6. The fourth-order valence-electron chi connectivity index (χ4n) is 4.64. The standard InChI is InChI=1S/C19H27N3O4/c1-20-14-19(13-15(20)17(23)22-8-11-25-12-9-22)4-6-21(7-5-19)18(24)16-3-2-10-26-16/h2-3,10,15H,4-9,11-14H2,1H3. The van der Waals surface area contributed by atoms with Gasteiger partial charge in [0, 0.05) is 32.7 Å². The van der Waals surface area contributed by atoms with Crippen molar-refractivity contribution in [1.82, 2.24) is 14.7 Å². The summed E-state index contributed by atoms with van der Waals surface area (Å²) in [6, 6.07) is 3.42. The van der Waals surface area contributed by atoms with E-state index in [1.807, 2.05) is 9.80 Å². The van der Waals surface area contributed by atoms with E-state index in [1.54, 1.807) is 12.1 Å². The lowest BCUT2D eigenvalue weighted by Crippen LogP contribution is -2.48. The van der Waals surface area contributed by atoms with Gasteiger partial charge in [0.05, 0.1) is 25.5 Å². The lowest BCUT2D eigenvalue weighted by molar-refractivity contribution is -0.139. The Morgan fingerprint density at radius 2 is 1.85 bits per heavy atom. The maximum absolute atomic E-state index is 12.9. The van der Waals surface area contributed by atoms with Crippen LogP contribution in [0, 0.1) is 5.41 Å². The van der Waals surface area contributed by atoms with Crippen LogP contribution in [0.5, 0.6) is 0 Å². The minimum absolute atomic E-state index is 0.0304. The molecule has 3 saturated heterocycles. The van der Waals surface area contributed by atoms with Gasteiger partial charge in [-0.05, 0) is 43.9 Å². The highest BCUT2D eigenvalue weighted by Crippen LogP contribution is 2.43. The van der Waals surface area contributed by atoms with Gasteiger partial charge in [0.15, 0.2) is 5.76 Å². The quantitative estimate of drug-likeness (QED) is 0.788. The molecule has 3 aliphatic rings. The molecule has 0 bridgehead atoms. The number of ether oxygens (including phenoxy) is 1. The third-order valence-corrected chi connectivity index (χ3v) is 6.19. The fraction of sp³-hybridized carbons (Fsp3) is 0.684. The Morgan fingerprint density at radius 1 is 1.12 bits per heavy atom. The second-order valence-corrected chi connectivity index (χ2v) is 7.84. The summed E-state index contributed by atoms with van der Waals surface area (Å²) in [5, 5.41) is 0. The summed E-state index contributed by atoms with van der Waals surface area (Å²) in [6.07, 6.45) is 4.31. The maximum atomic E-state index is 12.9. The van der Waals surface area contributed by atoms with Crippen molar-refractivity contribution in [2.45, 2.75) is 25.3 Å². The molecular formula is C19H27N3O4. The molecule has 1 spiro atoms. The predicted molar refractivity (Wildman–Crippen MR) is 94.7 cm³/mol. The summed E-state index contributed by atoms with van der Waals surface area (Å²) in [4.78, 5) is 31.4. The van der Waals surface area contributed by atoms with E-state index in [9.17, 15) is 9.59 Å². The van der Waals surface area contributed by atoms with Gasteiger partial charge in [0.2, 0.25) is 5.91 Å². The number of morpholine rings is 1. The van der Waals surface area contributed by atoms with Crippen molar-refractivity contribution < 1.29 is 18.7 Å². The number of hydrogen-bond donors (Lipinski definition) is 0. The second-order valence-electron chi connectivity index (χ2n) is 7.84. The first-order valence-corrected chi connectivity index (χ1v) is 9.48. The van der Waals surface area contributed by atoms with E-state index in [0.29, 0.717) is 32.1 Å². The van der Waals surface area contributed by atoms with Crippen molar-refractivity contribution in [2.75, 3.05) is 53.0 Å². The van der Waals surface area contributed by atoms with Crippen LogP contribution in [0.4, 0.5) is 0 Å². The molecule has 1 atom stereocenters. The maximum Gasteiger partial charge on any atom is 0.289 e. The molecule has 0 saturated carbocycles. The van der Waals surface area contributed by atoms with Crippen LogP contribution < -0.4 is 0 Å². The van der Waals surface area contributed by atoms with Crippen molar-refractivity contribution in [3.05, 3.63) is 24.2 Å². The number of hydrogen-bond acceptors (Lipinski definition) is 5. The number of likely N-dealkylation sites (tertiary alicyclic amines) is 2. The number of carbonyl (C=O) groups excluding carboxylic acids is 2. The smallest absolute Gasteiger partial charge is 0.289 e. The van der Waals surface area contributed by atoms with Crippen molar-refractivity contribution in [2.24, 2.45) is 5.41 Å². The molecule has 7 heteroatoms. The molecule has 142 valence electrons. The molecule has 3 fully saturated rings. The van der Waals surface area contributed by atoms with Gasteiger partial charge in [0.1, 0.15) is 0 Å². The van der Waals surface area contributed by atoms with Crippen molar-refractivity contribution in [3.63, 3.8) is 0 Å². The SMILES string of the molecule is CN1CC2(CCN(C(=O)c3ccco3)CC2)CC1C(=O)N1CCOCC1. The molecule has 1 aromatic heterocycles. The van der Waals surface area contributed by atoms with Gasteiger partial charge in [-0.2, -0.15) is 0 Å². The third kappa shape index (κ3) is 3.25. The van der Waals surface area contributed by atoms with Gasteiger partial charge >= 0.3 is 0 Å². The van der Waals surface area contributed by atoms with Crippen LogP contribution in [-0.2, 0) is 9.53 Å². The lowest BCUT2D eigenvalue weighted by atomic mass is 9.76. The molecule has 0 radical (unpaired) electrons. The minimum atomic E-state index is -0.0413. The molecule has 0 N–H and O–H groups in total. The van der Waals surface area contributed by atoms with E-state index >= 15 is 0 Å². The van der Waals surface area contributed by atoms with E-state index in [-0.39, 0.29) is 23.3 Å². The summed E-state index contributed by atoms with van der Waals surface area (Å²) in [6.45, 7) is 5.05. The van der Waals surface area contributed by atoms with Crippen LogP contribution in [0.3, 0.4) is 0 Å². The van der Waals surface area contributed by atoms with Crippen LogP contribution >= 0.6 is 0 Å². The van der Waals surface area contributed by atoms with E-state index in [2.05, 4.69) is 11.9 Å². The third-order valence-electron chi connectivity index (χ3n) is 6.19. The van der Waals surface area contributed by atoms with Crippen LogP contribution in [-0.4, -0.2) is 85.5 Å². The lowest BCUT2D eigenvalue weighted by Gasteiger charge is -2.39. The highest BCUT2D eigenvalue weighted by molar-refractivity contribution is 5.91. The largest absolute Gasteiger partial charge is 0.459 e. The van der Waals surface area contributed by atoms with E-state index in [0.717, 1.165) is 38.9 Å². The summed E-state index contributed by atoms with van der Waals surface area (Å²) < 4.78 is 10.6.